The monoisotopic (exact) mass is 266 g/mol. The molecule has 0 aliphatic heterocycles. The summed E-state index contributed by atoms with van der Waals surface area (Å²) in [6, 6.07) is 8.17. The van der Waals surface area contributed by atoms with Crippen molar-refractivity contribution in [1.29, 1.82) is 0 Å². The van der Waals surface area contributed by atoms with E-state index in [9.17, 15) is 4.79 Å². The molecule has 5 heteroatoms. The first-order valence-corrected chi connectivity index (χ1v) is 6.35. The van der Waals surface area contributed by atoms with Crippen LogP contribution in [0.15, 0.2) is 42.9 Å². The molecule has 0 aliphatic carbocycles. The maximum absolute atomic E-state index is 11.9. The summed E-state index contributed by atoms with van der Waals surface area (Å²) in [7, 11) is 0. The average molecular weight is 266 g/mol. The van der Waals surface area contributed by atoms with E-state index in [-0.39, 0.29) is 5.91 Å². The Labute approximate surface area is 116 Å². The van der Waals surface area contributed by atoms with Gasteiger partial charge in [0.05, 0.1) is 6.20 Å². The van der Waals surface area contributed by atoms with Crippen LogP contribution in [-0.4, -0.2) is 20.9 Å². The number of H-pyrrole nitrogens is 1. The molecule has 2 heterocycles. The Hall–Kier alpha value is -2.69. The molecule has 20 heavy (non-hydrogen) atoms. The van der Waals surface area contributed by atoms with E-state index in [0.717, 1.165) is 22.2 Å². The van der Waals surface area contributed by atoms with Gasteiger partial charge in [-0.3, -0.25) is 9.78 Å². The first-order valence-electron chi connectivity index (χ1n) is 6.35. The van der Waals surface area contributed by atoms with E-state index in [4.69, 9.17) is 0 Å². The van der Waals surface area contributed by atoms with Crippen molar-refractivity contribution < 1.29 is 4.79 Å². The minimum absolute atomic E-state index is 0.219. The highest BCUT2D eigenvalue weighted by atomic mass is 16.1. The second-order valence-electron chi connectivity index (χ2n) is 4.65. The summed E-state index contributed by atoms with van der Waals surface area (Å²) in [5.41, 5.74) is 3.60. The highest BCUT2D eigenvalue weighted by molar-refractivity contribution is 5.91. The molecule has 0 unspecified atom stereocenters. The van der Waals surface area contributed by atoms with Gasteiger partial charge in [-0.2, -0.15) is 0 Å². The lowest BCUT2D eigenvalue weighted by Gasteiger charge is -2.04. The van der Waals surface area contributed by atoms with Crippen molar-refractivity contribution in [3.05, 3.63) is 59.8 Å². The molecule has 3 aromatic rings. The highest BCUT2D eigenvalue weighted by Gasteiger charge is 2.06. The zero-order valence-electron chi connectivity index (χ0n) is 11.1. The van der Waals surface area contributed by atoms with Crippen LogP contribution >= 0.6 is 0 Å². The van der Waals surface area contributed by atoms with Gasteiger partial charge >= 0.3 is 0 Å². The summed E-state index contributed by atoms with van der Waals surface area (Å²) in [6.07, 6.45) is 4.50. The van der Waals surface area contributed by atoms with E-state index in [1.165, 1.54) is 12.4 Å². The molecule has 2 aromatic heterocycles. The molecule has 0 radical (unpaired) electrons. The number of aromatic amines is 1. The van der Waals surface area contributed by atoms with Crippen LogP contribution in [0.1, 0.15) is 21.7 Å². The van der Waals surface area contributed by atoms with Gasteiger partial charge in [-0.1, -0.05) is 6.07 Å². The van der Waals surface area contributed by atoms with E-state index in [2.05, 4.69) is 32.4 Å². The first-order chi connectivity index (χ1) is 9.72. The lowest BCUT2D eigenvalue weighted by Crippen LogP contribution is -2.23. The zero-order chi connectivity index (χ0) is 13.9. The van der Waals surface area contributed by atoms with E-state index < -0.39 is 0 Å². The number of aryl methyl sites for hydroxylation is 1. The number of hydrogen-bond acceptors (Lipinski definition) is 3. The van der Waals surface area contributed by atoms with Crippen molar-refractivity contribution in [2.75, 3.05) is 0 Å². The number of hydrogen-bond donors (Lipinski definition) is 2. The van der Waals surface area contributed by atoms with Crippen LogP contribution in [0.5, 0.6) is 0 Å². The van der Waals surface area contributed by atoms with Gasteiger partial charge in [0.1, 0.15) is 5.69 Å². The molecular weight excluding hydrogens is 252 g/mol. The highest BCUT2D eigenvalue weighted by Crippen LogP contribution is 2.16. The van der Waals surface area contributed by atoms with Gasteiger partial charge in [0.25, 0.3) is 5.91 Å². The van der Waals surface area contributed by atoms with E-state index in [1.54, 1.807) is 6.20 Å². The Bertz CT molecular complexity index is 749. The summed E-state index contributed by atoms with van der Waals surface area (Å²) in [5.74, 6) is -0.219. The van der Waals surface area contributed by atoms with E-state index in [1.807, 2.05) is 19.1 Å². The molecule has 5 nitrogen and oxygen atoms in total. The van der Waals surface area contributed by atoms with Crippen molar-refractivity contribution >= 4 is 16.8 Å². The molecule has 0 bridgehead atoms. The van der Waals surface area contributed by atoms with Gasteiger partial charge in [-0.25, -0.2) is 4.98 Å². The number of aromatic nitrogens is 3. The molecule has 3 rings (SSSR count). The predicted octanol–water partition coefficient (Wildman–Crippen LogP) is 2.20. The maximum atomic E-state index is 11.9. The van der Waals surface area contributed by atoms with Crippen LogP contribution < -0.4 is 5.32 Å². The van der Waals surface area contributed by atoms with Crippen LogP contribution in [0, 0.1) is 6.92 Å². The van der Waals surface area contributed by atoms with Crippen LogP contribution in [0.3, 0.4) is 0 Å². The summed E-state index contributed by atoms with van der Waals surface area (Å²) < 4.78 is 0. The predicted molar refractivity (Wildman–Crippen MR) is 76.2 cm³/mol. The molecule has 1 aromatic carbocycles. The summed E-state index contributed by atoms with van der Waals surface area (Å²) >= 11 is 0. The van der Waals surface area contributed by atoms with Gasteiger partial charge in [-0.15, -0.1) is 0 Å². The van der Waals surface area contributed by atoms with Gasteiger partial charge in [0.15, 0.2) is 0 Å². The van der Waals surface area contributed by atoms with E-state index in [0.29, 0.717) is 12.2 Å². The minimum Gasteiger partial charge on any atom is -0.359 e. The fourth-order valence-corrected chi connectivity index (χ4v) is 2.13. The summed E-state index contributed by atoms with van der Waals surface area (Å²) in [5, 5.41) is 3.98. The third-order valence-corrected chi connectivity index (χ3v) is 3.07. The lowest BCUT2D eigenvalue weighted by molar-refractivity contribution is 0.0945. The largest absolute Gasteiger partial charge is 0.359 e. The van der Waals surface area contributed by atoms with Crippen LogP contribution in [0.25, 0.3) is 10.9 Å². The van der Waals surface area contributed by atoms with Crippen molar-refractivity contribution in [3.63, 3.8) is 0 Å². The van der Waals surface area contributed by atoms with Crippen molar-refractivity contribution in [3.8, 4) is 0 Å². The number of amides is 1. The smallest absolute Gasteiger partial charge is 0.271 e. The Morgan fingerprint density at radius 3 is 3.00 bits per heavy atom. The second-order valence-corrected chi connectivity index (χ2v) is 4.65. The van der Waals surface area contributed by atoms with Crippen molar-refractivity contribution in [2.45, 2.75) is 13.5 Å². The van der Waals surface area contributed by atoms with Gasteiger partial charge in [0.2, 0.25) is 0 Å². The Kier molecular flexibility index (Phi) is 3.16. The molecule has 2 N–H and O–H groups in total. The Morgan fingerprint density at radius 2 is 2.20 bits per heavy atom. The zero-order valence-corrected chi connectivity index (χ0v) is 11.1. The Balaban J connectivity index is 1.72. The van der Waals surface area contributed by atoms with Gasteiger partial charge in [0, 0.05) is 30.1 Å². The molecule has 0 saturated heterocycles. The fraction of sp³-hybridized carbons (Fsp3) is 0.133. The third kappa shape index (κ3) is 2.51. The molecule has 100 valence electrons. The summed E-state index contributed by atoms with van der Waals surface area (Å²) in [4.78, 5) is 23.0. The number of carbonyl (C=O) groups excluding carboxylic acids is 1. The minimum atomic E-state index is -0.219. The van der Waals surface area contributed by atoms with Crippen LogP contribution in [0.2, 0.25) is 0 Å². The average Bonchev–Trinajstić information content (AvgIpc) is 2.85. The molecule has 0 aliphatic rings. The number of carbonyl (C=O) groups is 1. The summed E-state index contributed by atoms with van der Waals surface area (Å²) in [6.45, 7) is 2.49. The molecule has 0 spiro atoms. The number of fused-ring (bicyclic) bond motifs is 1. The number of benzene rings is 1. The molecule has 0 saturated carbocycles. The third-order valence-electron chi connectivity index (χ3n) is 3.07. The molecule has 1 amide bonds. The van der Waals surface area contributed by atoms with Crippen LogP contribution in [0.4, 0.5) is 0 Å². The maximum Gasteiger partial charge on any atom is 0.271 e. The molecule has 0 fully saturated rings. The molecule has 0 atom stereocenters. The first kappa shape index (κ1) is 12.3. The number of nitrogens with one attached hydrogen (secondary N) is 2. The number of rotatable bonds is 3. The van der Waals surface area contributed by atoms with Crippen LogP contribution in [-0.2, 0) is 6.54 Å². The normalized spacial score (nSPS) is 10.7. The topological polar surface area (TPSA) is 70.7 Å². The SMILES string of the molecule is Cc1cc2cc(CNC(=O)c3cnccn3)ccc2[nH]1. The van der Waals surface area contributed by atoms with Crippen molar-refractivity contribution in [2.24, 2.45) is 0 Å². The lowest BCUT2D eigenvalue weighted by atomic mass is 10.1. The standard InChI is InChI=1S/C15H14N4O/c1-10-6-12-7-11(2-3-13(12)19-10)8-18-15(20)14-9-16-4-5-17-14/h2-7,9,19H,8H2,1H3,(H,18,20). The van der Waals surface area contributed by atoms with Crippen molar-refractivity contribution in [1.82, 2.24) is 20.3 Å². The second kappa shape index (κ2) is 5.13. The Morgan fingerprint density at radius 1 is 1.30 bits per heavy atom. The quantitative estimate of drug-likeness (QED) is 0.763. The molecular formula is C15H14N4O. The van der Waals surface area contributed by atoms with Gasteiger partial charge < -0.3 is 10.3 Å². The number of nitrogens with zero attached hydrogens (tertiary/aromatic N) is 2. The fourth-order valence-electron chi connectivity index (χ4n) is 2.13. The van der Waals surface area contributed by atoms with Gasteiger partial charge in [-0.05, 0) is 36.1 Å². The van der Waals surface area contributed by atoms with E-state index >= 15 is 0 Å².